The van der Waals surface area contributed by atoms with E-state index in [0.717, 1.165) is 23.0 Å². The number of hydrogen-bond acceptors (Lipinski definition) is 3. The molecule has 2 aromatic rings. The quantitative estimate of drug-likeness (QED) is 0.321. The molecule has 18 heavy (non-hydrogen) atoms. The second kappa shape index (κ2) is 6.19. The third-order valence-electron chi connectivity index (χ3n) is 2.40. The van der Waals surface area contributed by atoms with Gasteiger partial charge in [-0.3, -0.25) is 0 Å². The highest BCUT2D eigenvalue weighted by molar-refractivity contribution is 14.1. The topological polar surface area (TPSA) is 26.3 Å². The van der Waals surface area contributed by atoms with Gasteiger partial charge in [0.1, 0.15) is 0 Å². The summed E-state index contributed by atoms with van der Waals surface area (Å²) >= 11 is 10.8. The number of fused-ring (bicyclic) bond motifs is 1. The maximum atomic E-state index is 12.0. The van der Waals surface area contributed by atoms with E-state index < -0.39 is 0 Å². The van der Waals surface area contributed by atoms with Crippen molar-refractivity contribution in [2.24, 2.45) is 0 Å². The first-order chi connectivity index (χ1) is 8.58. The summed E-state index contributed by atoms with van der Waals surface area (Å²) in [6.45, 7) is 2.21. The number of hydrogen-bond donors (Lipinski definition) is 0. The van der Waals surface area contributed by atoms with Gasteiger partial charge in [-0.25, -0.2) is 4.79 Å². The number of esters is 1. The van der Waals surface area contributed by atoms with Crippen LogP contribution in [0, 0.1) is 3.57 Å². The Kier molecular flexibility index (Phi) is 5.07. The molecule has 6 heteroatoms. The van der Waals surface area contributed by atoms with Crippen LogP contribution in [0.15, 0.2) is 16.6 Å². The predicted octanol–water partition coefficient (Wildman–Crippen LogP) is 5.34. The summed E-state index contributed by atoms with van der Waals surface area (Å²) < 4.78 is 8.37. The minimum absolute atomic E-state index is 0.240. The molecule has 0 aliphatic carbocycles. The Morgan fingerprint density at radius 3 is 2.83 bits per heavy atom. The summed E-state index contributed by atoms with van der Waals surface area (Å²) in [6.07, 6.45) is 0. The lowest BCUT2D eigenvalue weighted by Gasteiger charge is -2.03. The van der Waals surface area contributed by atoms with Crippen LogP contribution in [0.1, 0.15) is 22.2 Å². The van der Waals surface area contributed by atoms with Crippen LogP contribution < -0.4 is 0 Å². The molecule has 0 fully saturated rings. The van der Waals surface area contributed by atoms with Gasteiger partial charge in [-0.1, -0.05) is 15.9 Å². The fourth-order valence-electron chi connectivity index (χ4n) is 1.66. The van der Waals surface area contributed by atoms with Gasteiger partial charge in [-0.15, -0.1) is 11.3 Å². The summed E-state index contributed by atoms with van der Waals surface area (Å²) in [6, 6.07) is 4.07. The first-order valence-electron chi connectivity index (χ1n) is 5.22. The third kappa shape index (κ3) is 2.76. The van der Waals surface area contributed by atoms with E-state index in [4.69, 9.17) is 4.74 Å². The van der Waals surface area contributed by atoms with Crippen molar-refractivity contribution >= 4 is 81.8 Å². The third-order valence-corrected chi connectivity index (χ3v) is 6.78. The normalized spacial score (nSPS) is 10.9. The van der Waals surface area contributed by atoms with Crippen LogP contribution >= 0.6 is 65.8 Å². The van der Waals surface area contributed by atoms with Crippen molar-refractivity contribution in [3.8, 4) is 0 Å². The van der Waals surface area contributed by atoms with E-state index in [1.807, 2.05) is 13.0 Å². The summed E-state index contributed by atoms with van der Waals surface area (Å²) in [4.78, 5) is 13.1. The molecule has 0 amide bonds. The van der Waals surface area contributed by atoms with Gasteiger partial charge in [0.25, 0.3) is 0 Å². The van der Waals surface area contributed by atoms with E-state index in [0.29, 0.717) is 17.5 Å². The van der Waals surface area contributed by atoms with Crippen LogP contribution in [-0.2, 0) is 10.1 Å². The highest BCUT2D eigenvalue weighted by Crippen LogP contribution is 2.37. The molecule has 0 saturated heterocycles. The Bertz CT molecular complexity index is 610. The van der Waals surface area contributed by atoms with Gasteiger partial charge < -0.3 is 4.74 Å². The lowest BCUT2D eigenvalue weighted by atomic mass is 10.1. The van der Waals surface area contributed by atoms with Crippen molar-refractivity contribution in [1.29, 1.82) is 0 Å². The lowest BCUT2D eigenvalue weighted by molar-refractivity contribution is 0.0528. The second-order valence-electron chi connectivity index (χ2n) is 3.52. The summed E-state index contributed by atoms with van der Waals surface area (Å²) in [5.74, 6) is -0.240. The van der Waals surface area contributed by atoms with Gasteiger partial charge in [-0.2, -0.15) is 0 Å². The molecule has 2 nitrogen and oxygen atoms in total. The van der Waals surface area contributed by atoms with Crippen molar-refractivity contribution in [3.05, 3.63) is 30.6 Å². The number of thiophene rings is 1. The van der Waals surface area contributed by atoms with Gasteiger partial charge in [0.15, 0.2) is 0 Å². The molecule has 2 rings (SSSR count). The van der Waals surface area contributed by atoms with E-state index in [1.54, 1.807) is 11.3 Å². The highest BCUT2D eigenvalue weighted by Gasteiger charge is 2.20. The Labute approximate surface area is 139 Å². The smallest absolute Gasteiger partial charge is 0.339 e. The van der Waals surface area contributed by atoms with E-state index in [9.17, 15) is 4.79 Å². The van der Waals surface area contributed by atoms with Gasteiger partial charge in [-0.05, 0) is 57.6 Å². The maximum Gasteiger partial charge on any atom is 0.339 e. The minimum atomic E-state index is -0.240. The fourth-order valence-corrected chi connectivity index (χ4v) is 4.31. The summed E-state index contributed by atoms with van der Waals surface area (Å²) in [7, 11) is 0. The van der Waals surface area contributed by atoms with Crippen molar-refractivity contribution in [3.63, 3.8) is 0 Å². The van der Waals surface area contributed by atoms with Crippen LogP contribution in [0.5, 0.6) is 0 Å². The number of carbonyl (C=O) groups excluding carboxylic acids is 1. The molecule has 1 heterocycles. The standard InChI is InChI=1S/C12H9Br2IO2S/c1-2-17-12(16)11-6-3-8(15)7(14)4-9(6)18-10(11)5-13/h3-4H,2,5H2,1H3. The molecular weight excluding hydrogens is 495 g/mol. The average molecular weight is 504 g/mol. The zero-order valence-electron chi connectivity index (χ0n) is 9.43. The van der Waals surface area contributed by atoms with E-state index in [-0.39, 0.29) is 5.97 Å². The van der Waals surface area contributed by atoms with E-state index in [2.05, 4.69) is 60.5 Å². The Balaban J connectivity index is 2.68. The molecule has 0 aliphatic heterocycles. The molecule has 0 N–H and O–H groups in total. The fraction of sp³-hybridized carbons (Fsp3) is 0.250. The number of halogens is 3. The zero-order chi connectivity index (χ0) is 13.3. The number of alkyl halides is 1. The van der Waals surface area contributed by atoms with E-state index in [1.165, 1.54) is 0 Å². The van der Waals surface area contributed by atoms with Crippen molar-refractivity contribution in [1.82, 2.24) is 0 Å². The second-order valence-corrected chi connectivity index (χ2v) is 7.23. The average Bonchev–Trinajstić information content (AvgIpc) is 2.68. The lowest BCUT2D eigenvalue weighted by Crippen LogP contribution is -2.05. The van der Waals surface area contributed by atoms with Gasteiger partial charge >= 0.3 is 5.97 Å². The first-order valence-corrected chi connectivity index (χ1v) is 9.03. The van der Waals surface area contributed by atoms with Gasteiger partial charge in [0, 0.05) is 28.3 Å². The largest absolute Gasteiger partial charge is 0.462 e. The molecule has 0 spiro atoms. The van der Waals surface area contributed by atoms with Crippen LogP contribution in [0.2, 0.25) is 0 Å². The summed E-state index contributed by atoms with van der Waals surface area (Å²) in [5.41, 5.74) is 0.694. The molecule has 0 atom stereocenters. The molecule has 0 bridgehead atoms. The number of rotatable bonds is 3. The molecule has 0 radical (unpaired) electrons. The highest BCUT2D eigenvalue weighted by atomic mass is 127. The van der Waals surface area contributed by atoms with Crippen molar-refractivity contribution < 1.29 is 9.53 Å². The Morgan fingerprint density at radius 1 is 1.50 bits per heavy atom. The SMILES string of the molecule is CCOC(=O)c1c(CBr)sc2cc(Br)c(I)cc12. The summed E-state index contributed by atoms with van der Waals surface area (Å²) in [5, 5.41) is 1.63. The predicted molar refractivity (Wildman–Crippen MR) is 90.8 cm³/mol. The van der Waals surface area contributed by atoms with Gasteiger partial charge in [0.2, 0.25) is 0 Å². The number of ether oxygens (including phenoxy) is 1. The maximum absolute atomic E-state index is 12.0. The zero-order valence-corrected chi connectivity index (χ0v) is 15.6. The number of carbonyl (C=O) groups is 1. The van der Waals surface area contributed by atoms with Crippen LogP contribution in [0.4, 0.5) is 0 Å². The van der Waals surface area contributed by atoms with Crippen molar-refractivity contribution in [2.45, 2.75) is 12.3 Å². The molecule has 1 aromatic carbocycles. The first kappa shape index (κ1) is 14.7. The molecular formula is C12H9Br2IO2S. The molecule has 96 valence electrons. The van der Waals surface area contributed by atoms with Crippen LogP contribution in [-0.4, -0.2) is 12.6 Å². The van der Waals surface area contributed by atoms with Gasteiger partial charge in [0.05, 0.1) is 12.2 Å². The molecule has 0 aliphatic rings. The van der Waals surface area contributed by atoms with Crippen LogP contribution in [0.3, 0.4) is 0 Å². The Morgan fingerprint density at radius 2 is 2.22 bits per heavy atom. The molecule has 1 aromatic heterocycles. The minimum Gasteiger partial charge on any atom is -0.462 e. The monoisotopic (exact) mass is 502 g/mol. The van der Waals surface area contributed by atoms with Crippen molar-refractivity contribution in [2.75, 3.05) is 6.61 Å². The van der Waals surface area contributed by atoms with E-state index >= 15 is 0 Å². The molecule has 0 saturated carbocycles. The number of benzene rings is 1. The Hall–Kier alpha value is 0.340. The van der Waals surface area contributed by atoms with Crippen LogP contribution in [0.25, 0.3) is 10.1 Å². The molecule has 0 unspecified atom stereocenters.